The zero-order valence-corrected chi connectivity index (χ0v) is 12.2. The molecule has 2 unspecified atom stereocenters. The molecule has 2 rings (SSSR count). The maximum absolute atomic E-state index is 10.9. The topological polar surface area (TPSA) is 29.5 Å². The van der Waals surface area contributed by atoms with Crippen LogP contribution >= 0.6 is 0 Å². The monoisotopic (exact) mass is 254 g/mol. The lowest BCUT2D eigenvalue weighted by atomic mass is 9.71. The van der Waals surface area contributed by atoms with Gasteiger partial charge in [0.25, 0.3) is 0 Å². The van der Waals surface area contributed by atoms with Gasteiger partial charge >= 0.3 is 0 Å². The predicted octanol–water partition coefficient (Wildman–Crippen LogP) is 3.77. The van der Waals surface area contributed by atoms with E-state index >= 15 is 0 Å². The van der Waals surface area contributed by atoms with Gasteiger partial charge in [0.2, 0.25) is 0 Å². The van der Waals surface area contributed by atoms with E-state index in [0.29, 0.717) is 5.92 Å². The minimum Gasteiger partial charge on any atom is -0.390 e. The van der Waals surface area contributed by atoms with Crippen LogP contribution in [0.4, 0.5) is 0 Å². The first-order valence-corrected chi connectivity index (χ1v) is 7.87. The summed E-state index contributed by atoms with van der Waals surface area (Å²) in [5.41, 5.74) is -0.361. The van der Waals surface area contributed by atoms with Gasteiger partial charge in [0.1, 0.15) is 0 Å². The second kappa shape index (κ2) is 6.38. The van der Waals surface area contributed by atoms with Crippen molar-refractivity contribution in [1.82, 2.24) is 0 Å². The molecule has 2 nitrogen and oxygen atoms in total. The van der Waals surface area contributed by atoms with Crippen molar-refractivity contribution in [3.8, 4) is 0 Å². The maximum atomic E-state index is 10.9. The van der Waals surface area contributed by atoms with Crippen molar-refractivity contribution in [1.29, 1.82) is 0 Å². The van der Waals surface area contributed by atoms with Crippen LogP contribution in [0.1, 0.15) is 65.2 Å². The minimum atomic E-state index is -0.361. The van der Waals surface area contributed by atoms with Crippen LogP contribution in [0.25, 0.3) is 0 Å². The molecule has 1 saturated carbocycles. The smallest absolute Gasteiger partial charge is 0.0653 e. The van der Waals surface area contributed by atoms with Crippen LogP contribution in [0.15, 0.2) is 0 Å². The molecule has 18 heavy (non-hydrogen) atoms. The van der Waals surface area contributed by atoms with Gasteiger partial charge in [0, 0.05) is 13.2 Å². The summed E-state index contributed by atoms with van der Waals surface area (Å²) < 4.78 is 5.41. The van der Waals surface area contributed by atoms with Crippen LogP contribution in [-0.4, -0.2) is 23.9 Å². The highest BCUT2D eigenvalue weighted by atomic mass is 16.5. The molecule has 2 heteroatoms. The zero-order chi connectivity index (χ0) is 13.0. The third kappa shape index (κ3) is 4.24. The molecule has 0 aromatic carbocycles. The lowest BCUT2D eigenvalue weighted by Crippen LogP contribution is -2.38. The van der Waals surface area contributed by atoms with Crippen LogP contribution in [-0.2, 0) is 4.74 Å². The Labute approximate surface area is 112 Å². The molecular formula is C16H30O2. The van der Waals surface area contributed by atoms with Gasteiger partial charge in [-0.25, -0.2) is 0 Å². The first kappa shape index (κ1) is 14.3. The van der Waals surface area contributed by atoms with Crippen LogP contribution in [0.2, 0.25) is 0 Å². The van der Waals surface area contributed by atoms with Crippen molar-refractivity contribution in [3.63, 3.8) is 0 Å². The quantitative estimate of drug-likeness (QED) is 0.827. The number of rotatable bonds is 4. The predicted molar refractivity (Wildman–Crippen MR) is 74.5 cm³/mol. The van der Waals surface area contributed by atoms with Crippen LogP contribution < -0.4 is 0 Å². The molecule has 2 atom stereocenters. The molecule has 0 radical (unpaired) electrons. The van der Waals surface area contributed by atoms with E-state index in [0.717, 1.165) is 57.2 Å². The Bertz CT molecular complexity index is 245. The first-order chi connectivity index (χ1) is 8.57. The van der Waals surface area contributed by atoms with Crippen molar-refractivity contribution in [2.24, 2.45) is 17.8 Å². The van der Waals surface area contributed by atoms with E-state index in [9.17, 15) is 5.11 Å². The molecule has 1 N–H and O–H groups in total. The van der Waals surface area contributed by atoms with Gasteiger partial charge in [-0.05, 0) is 56.3 Å². The molecular weight excluding hydrogens is 224 g/mol. The van der Waals surface area contributed by atoms with Crippen LogP contribution in [0.5, 0.6) is 0 Å². The molecule has 1 aliphatic carbocycles. The summed E-state index contributed by atoms with van der Waals surface area (Å²) >= 11 is 0. The maximum Gasteiger partial charge on any atom is 0.0653 e. The fraction of sp³-hybridized carbons (Fsp3) is 1.00. The number of aliphatic hydroxyl groups is 1. The minimum absolute atomic E-state index is 0.361. The fourth-order valence-corrected chi connectivity index (χ4v) is 4.00. The van der Waals surface area contributed by atoms with Gasteiger partial charge in [-0.1, -0.05) is 26.7 Å². The molecule has 1 aliphatic heterocycles. The summed E-state index contributed by atoms with van der Waals surface area (Å²) in [4.78, 5) is 0. The number of hydrogen-bond donors (Lipinski definition) is 1. The Morgan fingerprint density at radius 3 is 2.56 bits per heavy atom. The number of ether oxygens (including phenoxy) is 1. The van der Waals surface area contributed by atoms with Gasteiger partial charge in [-0.3, -0.25) is 0 Å². The van der Waals surface area contributed by atoms with E-state index in [-0.39, 0.29) is 5.60 Å². The van der Waals surface area contributed by atoms with Crippen molar-refractivity contribution in [2.75, 3.05) is 13.2 Å². The van der Waals surface area contributed by atoms with E-state index in [1.165, 1.54) is 19.3 Å². The number of hydrogen-bond acceptors (Lipinski definition) is 2. The molecule has 106 valence electrons. The highest BCUT2D eigenvalue weighted by Crippen LogP contribution is 2.40. The average Bonchev–Trinajstić information content (AvgIpc) is 2.28. The van der Waals surface area contributed by atoms with Crippen molar-refractivity contribution in [3.05, 3.63) is 0 Å². The van der Waals surface area contributed by atoms with E-state index in [1.54, 1.807) is 0 Å². The Kier molecular flexibility index (Phi) is 5.08. The highest BCUT2D eigenvalue weighted by Gasteiger charge is 2.36. The average molecular weight is 254 g/mol. The normalized spacial score (nSPS) is 35.0. The van der Waals surface area contributed by atoms with E-state index in [4.69, 9.17) is 4.74 Å². The van der Waals surface area contributed by atoms with Gasteiger partial charge < -0.3 is 9.84 Å². The third-order valence-electron chi connectivity index (χ3n) is 4.74. The summed E-state index contributed by atoms with van der Waals surface area (Å²) in [5, 5.41) is 10.9. The summed E-state index contributed by atoms with van der Waals surface area (Å²) in [6.45, 7) is 6.39. The summed E-state index contributed by atoms with van der Waals surface area (Å²) in [6, 6.07) is 0. The molecule has 0 aromatic heterocycles. The van der Waals surface area contributed by atoms with Crippen LogP contribution in [0, 0.1) is 17.8 Å². The summed E-state index contributed by atoms with van der Waals surface area (Å²) in [6.07, 6.45) is 9.22. The molecule has 1 heterocycles. The molecule has 2 fully saturated rings. The SMILES string of the molecule is CC(C)CC1CCCC(O)(CC2CCOCC2)C1. The molecule has 1 saturated heterocycles. The van der Waals surface area contributed by atoms with E-state index < -0.39 is 0 Å². The Balaban J connectivity index is 1.84. The Morgan fingerprint density at radius 2 is 1.89 bits per heavy atom. The van der Waals surface area contributed by atoms with E-state index in [1.807, 2.05) is 0 Å². The molecule has 0 amide bonds. The second-order valence-electron chi connectivity index (χ2n) is 7.08. The summed E-state index contributed by atoms with van der Waals surface area (Å²) in [5.74, 6) is 2.21. The molecule has 2 aliphatic rings. The summed E-state index contributed by atoms with van der Waals surface area (Å²) in [7, 11) is 0. The lowest BCUT2D eigenvalue weighted by Gasteiger charge is -2.40. The van der Waals surface area contributed by atoms with Crippen molar-refractivity contribution < 1.29 is 9.84 Å². The van der Waals surface area contributed by atoms with Gasteiger partial charge in [-0.2, -0.15) is 0 Å². The van der Waals surface area contributed by atoms with Crippen molar-refractivity contribution >= 4 is 0 Å². The molecule has 0 bridgehead atoms. The zero-order valence-electron chi connectivity index (χ0n) is 12.2. The van der Waals surface area contributed by atoms with Crippen LogP contribution in [0.3, 0.4) is 0 Å². The second-order valence-corrected chi connectivity index (χ2v) is 7.08. The fourth-order valence-electron chi connectivity index (χ4n) is 4.00. The molecule has 0 spiro atoms. The third-order valence-corrected chi connectivity index (χ3v) is 4.74. The standard InChI is InChI=1S/C16H30O2/c1-13(2)10-15-4-3-7-16(17,12-15)11-14-5-8-18-9-6-14/h13-15,17H,3-12H2,1-2H3. The largest absolute Gasteiger partial charge is 0.390 e. The van der Waals surface area contributed by atoms with E-state index in [2.05, 4.69) is 13.8 Å². The van der Waals surface area contributed by atoms with Crippen molar-refractivity contribution in [2.45, 2.75) is 70.8 Å². The first-order valence-electron chi connectivity index (χ1n) is 7.87. The lowest BCUT2D eigenvalue weighted by molar-refractivity contribution is -0.0521. The van der Waals surface area contributed by atoms with Gasteiger partial charge in [0.05, 0.1) is 5.60 Å². The highest BCUT2D eigenvalue weighted by molar-refractivity contribution is 4.89. The Hall–Kier alpha value is -0.0800. The van der Waals surface area contributed by atoms with Gasteiger partial charge in [0.15, 0.2) is 0 Å². The Morgan fingerprint density at radius 1 is 1.17 bits per heavy atom. The van der Waals surface area contributed by atoms with Gasteiger partial charge in [-0.15, -0.1) is 0 Å². The molecule has 0 aromatic rings.